The molecule has 0 unspecified atom stereocenters. The molecule has 0 radical (unpaired) electrons. The van der Waals surface area contributed by atoms with Crippen molar-refractivity contribution >= 4 is 27.7 Å². The third-order valence-corrected chi connectivity index (χ3v) is 4.88. The smallest absolute Gasteiger partial charge is 0.249 e. The van der Waals surface area contributed by atoms with Crippen molar-refractivity contribution in [2.24, 2.45) is 5.73 Å². The number of carbonyl (C=O) groups is 1. The highest BCUT2D eigenvalue weighted by Crippen LogP contribution is 2.35. The van der Waals surface area contributed by atoms with Gasteiger partial charge in [-0.15, -0.1) is 0 Å². The Morgan fingerprint density at radius 3 is 2.67 bits per heavy atom. The van der Waals surface area contributed by atoms with E-state index in [0.29, 0.717) is 12.1 Å². The van der Waals surface area contributed by atoms with Crippen LogP contribution in [0.1, 0.15) is 15.9 Å². The number of nitrogens with zero attached hydrogens (tertiary/aromatic N) is 1. The third kappa shape index (κ3) is 2.44. The van der Waals surface area contributed by atoms with Crippen molar-refractivity contribution in [2.45, 2.75) is 6.54 Å². The average Bonchev–Trinajstić information content (AvgIpc) is 3.43. The zero-order valence-corrected chi connectivity index (χ0v) is 14.4. The number of aromatic nitrogens is 1. The van der Waals surface area contributed by atoms with Gasteiger partial charge in [-0.2, -0.15) is 0 Å². The molecule has 0 aliphatic carbocycles. The maximum atomic E-state index is 12.0. The number of primary amides is 1. The van der Waals surface area contributed by atoms with E-state index in [1.807, 2.05) is 42.5 Å². The Kier molecular flexibility index (Phi) is 3.40. The number of amides is 1. The predicted octanol–water partition coefficient (Wildman–Crippen LogP) is 4.79. The van der Waals surface area contributed by atoms with E-state index in [-0.39, 0.29) is 0 Å². The molecule has 0 bridgehead atoms. The van der Waals surface area contributed by atoms with E-state index in [4.69, 9.17) is 14.6 Å². The molecule has 5 rings (SSSR count). The van der Waals surface area contributed by atoms with Gasteiger partial charge >= 0.3 is 0 Å². The van der Waals surface area contributed by atoms with E-state index in [9.17, 15) is 4.79 Å². The highest BCUT2D eigenvalue weighted by molar-refractivity contribution is 6.18. The Morgan fingerprint density at radius 1 is 1.00 bits per heavy atom. The van der Waals surface area contributed by atoms with Gasteiger partial charge in [0.05, 0.1) is 36.4 Å². The number of carbonyl (C=O) groups excluding carboxylic acids is 1. The molecule has 0 atom stereocenters. The molecule has 3 aromatic heterocycles. The molecule has 132 valence electrons. The van der Waals surface area contributed by atoms with Crippen LogP contribution in [-0.4, -0.2) is 10.5 Å². The van der Waals surface area contributed by atoms with Crippen molar-refractivity contribution in [1.82, 2.24) is 4.57 Å². The summed E-state index contributed by atoms with van der Waals surface area (Å²) in [6.07, 6.45) is 5.05. The van der Waals surface area contributed by atoms with Crippen LogP contribution >= 0.6 is 0 Å². The van der Waals surface area contributed by atoms with Crippen LogP contribution in [0.3, 0.4) is 0 Å². The molecule has 3 heterocycles. The molecule has 27 heavy (non-hydrogen) atoms. The molecule has 1 amide bonds. The van der Waals surface area contributed by atoms with Crippen molar-refractivity contribution in [3.63, 3.8) is 0 Å². The summed E-state index contributed by atoms with van der Waals surface area (Å²) in [5.41, 5.74) is 10.2. The van der Waals surface area contributed by atoms with E-state index in [0.717, 1.165) is 38.7 Å². The molecular formula is C22H16N2O3. The first-order chi connectivity index (χ1) is 13.2. The monoisotopic (exact) mass is 356 g/mol. The lowest BCUT2D eigenvalue weighted by Crippen LogP contribution is -2.11. The highest BCUT2D eigenvalue weighted by atomic mass is 16.3. The molecule has 5 nitrogen and oxygen atoms in total. The van der Waals surface area contributed by atoms with Gasteiger partial charge in [0.2, 0.25) is 5.91 Å². The second kappa shape index (κ2) is 5.92. The van der Waals surface area contributed by atoms with Crippen LogP contribution in [0.25, 0.3) is 33.1 Å². The largest absolute Gasteiger partial charge is 0.472 e. The molecular weight excluding hydrogens is 340 g/mol. The number of hydrogen-bond acceptors (Lipinski definition) is 3. The summed E-state index contributed by atoms with van der Waals surface area (Å²) in [6.45, 7) is 0.625. The normalized spacial score (nSPS) is 11.4. The van der Waals surface area contributed by atoms with Crippen LogP contribution in [0.15, 0.2) is 82.2 Å². The van der Waals surface area contributed by atoms with E-state index in [1.165, 1.54) is 0 Å². The van der Waals surface area contributed by atoms with Gasteiger partial charge in [0.1, 0.15) is 5.76 Å². The Balaban J connectivity index is 1.85. The van der Waals surface area contributed by atoms with Gasteiger partial charge in [-0.1, -0.05) is 18.2 Å². The first-order valence-corrected chi connectivity index (χ1v) is 8.62. The number of furan rings is 2. The molecule has 2 aromatic carbocycles. The lowest BCUT2D eigenvalue weighted by molar-refractivity contribution is 0.100. The van der Waals surface area contributed by atoms with Gasteiger partial charge in [0.25, 0.3) is 0 Å². The molecule has 0 spiro atoms. The minimum Gasteiger partial charge on any atom is -0.472 e. The molecule has 5 aromatic rings. The zero-order valence-electron chi connectivity index (χ0n) is 14.4. The van der Waals surface area contributed by atoms with Gasteiger partial charge in [0.15, 0.2) is 0 Å². The first-order valence-electron chi connectivity index (χ1n) is 8.62. The second-order valence-electron chi connectivity index (χ2n) is 6.49. The molecule has 0 saturated heterocycles. The SMILES string of the molecule is NC(=O)c1cccc2c1c1ccc(-c3ccco3)cc1n2Cc1ccoc1. The van der Waals surface area contributed by atoms with Crippen LogP contribution < -0.4 is 5.73 Å². The molecule has 0 aliphatic rings. The van der Waals surface area contributed by atoms with Crippen LogP contribution in [0.2, 0.25) is 0 Å². The lowest BCUT2D eigenvalue weighted by atomic mass is 10.0. The minimum atomic E-state index is -0.432. The maximum Gasteiger partial charge on any atom is 0.249 e. The number of rotatable bonds is 4. The molecule has 2 N–H and O–H groups in total. The van der Waals surface area contributed by atoms with Gasteiger partial charge in [-0.05, 0) is 36.4 Å². The molecule has 0 aliphatic heterocycles. The van der Waals surface area contributed by atoms with Crippen LogP contribution in [0.5, 0.6) is 0 Å². The van der Waals surface area contributed by atoms with E-state index in [1.54, 1.807) is 24.9 Å². The van der Waals surface area contributed by atoms with E-state index in [2.05, 4.69) is 10.6 Å². The Bertz CT molecular complexity index is 1260. The third-order valence-electron chi connectivity index (χ3n) is 4.88. The number of hydrogen-bond donors (Lipinski definition) is 1. The van der Waals surface area contributed by atoms with Crippen molar-refractivity contribution in [1.29, 1.82) is 0 Å². The van der Waals surface area contributed by atoms with Gasteiger partial charge in [-0.25, -0.2) is 0 Å². The summed E-state index contributed by atoms with van der Waals surface area (Å²) in [5, 5.41) is 1.85. The fraction of sp³-hybridized carbons (Fsp3) is 0.0455. The number of benzene rings is 2. The van der Waals surface area contributed by atoms with Gasteiger partial charge in [0, 0.05) is 27.5 Å². The van der Waals surface area contributed by atoms with Crippen LogP contribution in [-0.2, 0) is 6.54 Å². The summed E-state index contributed by atoms with van der Waals surface area (Å²) in [5.74, 6) is 0.366. The van der Waals surface area contributed by atoms with Gasteiger partial charge < -0.3 is 19.1 Å². The van der Waals surface area contributed by atoms with Crippen LogP contribution in [0, 0.1) is 0 Å². The Labute approximate surface area is 154 Å². The summed E-state index contributed by atoms with van der Waals surface area (Å²) in [7, 11) is 0. The number of nitrogens with two attached hydrogens (primary N) is 1. The average molecular weight is 356 g/mol. The standard InChI is InChI=1S/C22H16N2O3/c23-22(25)17-3-1-4-18-21(17)16-7-6-15(20-5-2-9-27-20)11-19(16)24(18)12-14-8-10-26-13-14/h1-11,13H,12H2,(H2,23,25). The first kappa shape index (κ1) is 15.5. The predicted molar refractivity (Wildman–Crippen MR) is 103 cm³/mol. The van der Waals surface area contributed by atoms with Crippen molar-refractivity contribution in [3.8, 4) is 11.3 Å². The Morgan fingerprint density at radius 2 is 1.93 bits per heavy atom. The topological polar surface area (TPSA) is 74.3 Å². The molecule has 0 saturated carbocycles. The fourth-order valence-electron chi connectivity index (χ4n) is 3.68. The van der Waals surface area contributed by atoms with Crippen molar-refractivity contribution < 1.29 is 13.6 Å². The zero-order chi connectivity index (χ0) is 18.4. The summed E-state index contributed by atoms with van der Waals surface area (Å²) >= 11 is 0. The van der Waals surface area contributed by atoms with Gasteiger partial charge in [-0.3, -0.25) is 4.79 Å². The molecule has 0 fully saturated rings. The van der Waals surface area contributed by atoms with Crippen LogP contribution in [0.4, 0.5) is 0 Å². The summed E-state index contributed by atoms with van der Waals surface area (Å²) in [6, 6.07) is 17.5. The molecule has 5 heteroatoms. The van der Waals surface area contributed by atoms with E-state index < -0.39 is 5.91 Å². The van der Waals surface area contributed by atoms with Crippen molar-refractivity contribution in [3.05, 3.63) is 84.5 Å². The lowest BCUT2D eigenvalue weighted by Gasteiger charge is -2.07. The Hall–Kier alpha value is -3.73. The maximum absolute atomic E-state index is 12.0. The highest BCUT2D eigenvalue weighted by Gasteiger charge is 2.17. The minimum absolute atomic E-state index is 0.432. The summed E-state index contributed by atoms with van der Waals surface area (Å²) in [4.78, 5) is 12.0. The second-order valence-corrected chi connectivity index (χ2v) is 6.49. The van der Waals surface area contributed by atoms with E-state index >= 15 is 0 Å². The quantitative estimate of drug-likeness (QED) is 0.503. The number of fused-ring (bicyclic) bond motifs is 3. The van der Waals surface area contributed by atoms with Crippen molar-refractivity contribution in [2.75, 3.05) is 0 Å². The fourth-order valence-corrected chi connectivity index (χ4v) is 3.68. The summed E-state index contributed by atoms with van der Waals surface area (Å²) < 4.78 is 13.0.